The molecule has 0 aliphatic carbocycles. The molecule has 0 aliphatic heterocycles. The number of aryl methyl sites for hydroxylation is 3. The summed E-state index contributed by atoms with van der Waals surface area (Å²) in [7, 11) is 1.67. The first-order chi connectivity index (χ1) is 8.56. The van der Waals surface area contributed by atoms with E-state index in [1.54, 1.807) is 7.11 Å². The summed E-state index contributed by atoms with van der Waals surface area (Å²) >= 11 is 1.52. The number of benzene rings is 1. The van der Waals surface area contributed by atoms with Gasteiger partial charge in [-0.25, -0.2) is 4.98 Å². The van der Waals surface area contributed by atoms with Gasteiger partial charge in [0, 0.05) is 0 Å². The van der Waals surface area contributed by atoms with Crippen LogP contribution in [0.4, 0.5) is 0 Å². The summed E-state index contributed by atoms with van der Waals surface area (Å²) in [6.45, 7) is 6.09. The highest BCUT2D eigenvalue weighted by Gasteiger charge is 2.14. The quantitative estimate of drug-likeness (QED) is 0.924. The number of rotatable bonds is 3. The first-order valence-electron chi connectivity index (χ1n) is 5.79. The largest absolute Gasteiger partial charge is 0.496 e. The lowest BCUT2D eigenvalue weighted by Crippen LogP contribution is -1.91. The summed E-state index contributed by atoms with van der Waals surface area (Å²) in [5.41, 5.74) is 4.29. The van der Waals surface area contributed by atoms with Crippen molar-refractivity contribution in [2.75, 3.05) is 7.11 Å². The van der Waals surface area contributed by atoms with E-state index in [0.717, 1.165) is 26.9 Å². The van der Waals surface area contributed by atoms with E-state index in [4.69, 9.17) is 4.74 Å². The molecule has 3 nitrogen and oxygen atoms in total. The molecule has 2 rings (SSSR count). The molecule has 1 aromatic carbocycles. The van der Waals surface area contributed by atoms with Crippen LogP contribution in [0.3, 0.4) is 0 Å². The number of aromatic nitrogens is 1. The first-order valence-corrected chi connectivity index (χ1v) is 6.61. The van der Waals surface area contributed by atoms with Crippen molar-refractivity contribution >= 4 is 11.3 Å². The molecule has 4 heteroatoms. The lowest BCUT2D eigenvalue weighted by molar-refractivity contribution is 0.284. The second-order valence-corrected chi connectivity index (χ2v) is 5.41. The third-order valence-electron chi connectivity index (χ3n) is 3.08. The molecule has 0 spiro atoms. The lowest BCUT2D eigenvalue weighted by Gasteiger charge is -2.09. The molecule has 18 heavy (non-hydrogen) atoms. The number of thiazole rings is 1. The maximum atomic E-state index is 9.24. The van der Waals surface area contributed by atoms with E-state index in [-0.39, 0.29) is 6.61 Å². The van der Waals surface area contributed by atoms with Crippen molar-refractivity contribution in [3.05, 3.63) is 33.8 Å². The highest BCUT2D eigenvalue weighted by atomic mass is 32.1. The zero-order chi connectivity index (χ0) is 13.3. The standard InChI is InChI=1S/C14H17NO2S/c1-8-5-11(12(17-4)6-9(8)2)14-15-10(3)13(7-16)18-14/h5-6,16H,7H2,1-4H3. The van der Waals surface area contributed by atoms with Gasteiger partial charge in [-0.2, -0.15) is 0 Å². The molecule has 1 aromatic heterocycles. The van der Waals surface area contributed by atoms with Crippen molar-refractivity contribution in [1.82, 2.24) is 4.98 Å². The fourth-order valence-electron chi connectivity index (χ4n) is 1.82. The molecular weight excluding hydrogens is 246 g/mol. The van der Waals surface area contributed by atoms with Crippen LogP contribution in [0.15, 0.2) is 12.1 Å². The monoisotopic (exact) mass is 263 g/mol. The molecule has 0 bridgehead atoms. The molecule has 0 atom stereocenters. The van der Waals surface area contributed by atoms with Crippen LogP contribution in [-0.4, -0.2) is 17.2 Å². The normalized spacial score (nSPS) is 10.7. The predicted octanol–water partition coefficient (Wildman–Crippen LogP) is 3.24. The number of methoxy groups -OCH3 is 1. The molecule has 1 heterocycles. The van der Waals surface area contributed by atoms with E-state index in [2.05, 4.69) is 24.9 Å². The Morgan fingerprint density at radius 2 is 1.89 bits per heavy atom. The van der Waals surface area contributed by atoms with Crippen LogP contribution in [0.1, 0.15) is 21.7 Å². The molecule has 0 fully saturated rings. The Bertz CT molecular complexity index is 575. The zero-order valence-corrected chi connectivity index (χ0v) is 11.9. The van der Waals surface area contributed by atoms with Crippen LogP contribution in [0.25, 0.3) is 10.6 Å². The average Bonchev–Trinajstić information content (AvgIpc) is 2.73. The Labute approximate surface area is 111 Å². The Hall–Kier alpha value is -1.39. The fourth-order valence-corrected chi connectivity index (χ4v) is 2.76. The van der Waals surface area contributed by atoms with Crippen LogP contribution in [-0.2, 0) is 6.61 Å². The number of nitrogens with zero attached hydrogens (tertiary/aromatic N) is 1. The van der Waals surface area contributed by atoms with Gasteiger partial charge in [-0.1, -0.05) is 0 Å². The van der Waals surface area contributed by atoms with Crippen molar-refractivity contribution in [3.8, 4) is 16.3 Å². The number of aliphatic hydroxyl groups is 1. The third-order valence-corrected chi connectivity index (χ3v) is 4.26. The number of hydrogen-bond acceptors (Lipinski definition) is 4. The van der Waals surface area contributed by atoms with Crippen LogP contribution >= 0.6 is 11.3 Å². The summed E-state index contributed by atoms with van der Waals surface area (Å²) in [4.78, 5) is 5.42. The summed E-state index contributed by atoms with van der Waals surface area (Å²) in [5.74, 6) is 0.830. The maximum absolute atomic E-state index is 9.24. The average molecular weight is 263 g/mol. The minimum atomic E-state index is 0.0384. The van der Waals surface area contributed by atoms with E-state index in [1.807, 2.05) is 13.0 Å². The minimum absolute atomic E-state index is 0.0384. The maximum Gasteiger partial charge on any atom is 0.129 e. The molecule has 2 aromatic rings. The fraction of sp³-hybridized carbons (Fsp3) is 0.357. The predicted molar refractivity (Wildman–Crippen MR) is 74.2 cm³/mol. The molecule has 96 valence electrons. The van der Waals surface area contributed by atoms with Crippen molar-refractivity contribution in [2.45, 2.75) is 27.4 Å². The second-order valence-electron chi connectivity index (χ2n) is 4.32. The molecule has 0 radical (unpaired) electrons. The minimum Gasteiger partial charge on any atom is -0.496 e. The van der Waals surface area contributed by atoms with Crippen LogP contribution in [0.5, 0.6) is 5.75 Å². The lowest BCUT2D eigenvalue weighted by atomic mass is 10.1. The molecular formula is C14H17NO2S. The second kappa shape index (κ2) is 5.08. The zero-order valence-electron chi connectivity index (χ0n) is 11.1. The van der Waals surface area contributed by atoms with Gasteiger partial charge in [0.05, 0.1) is 29.9 Å². The van der Waals surface area contributed by atoms with Crippen molar-refractivity contribution in [1.29, 1.82) is 0 Å². The van der Waals surface area contributed by atoms with E-state index in [1.165, 1.54) is 22.5 Å². The van der Waals surface area contributed by atoms with Gasteiger partial charge >= 0.3 is 0 Å². The first kappa shape index (κ1) is 13.1. The summed E-state index contributed by atoms with van der Waals surface area (Å²) in [6.07, 6.45) is 0. The van der Waals surface area contributed by atoms with Gasteiger partial charge in [0.2, 0.25) is 0 Å². The van der Waals surface area contributed by atoms with Gasteiger partial charge in [0.25, 0.3) is 0 Å². The van der Waals surface area contributed by atoms with Gasteiger partial charge in [-0.15, -0.1) is 11.3 Å². The number of ether oxygens (including phenoxy) is 1. The Morgan fingerprint density at radius 1 is 1.22 bits per heavy atom. The van der Waals surface area contributed by atoms with E-state index >= 15 is 0 Å². The van der Waals surface area contributed by atoms with Crippen molar-refractivity contribution < 1.29 is 9.84 Å². The molecule has 0 saturated carbocycles. The van der Waals surface area contributed by atoms with Crippen molar-refractivity contribution in [3.63, 3.8) is 0 Å². The summed E-state index contributed by atoms with van der Waals surface area (Å²) in [6, 6.07) is 4.12. The smallest absolute Gasteiger partial charge is 0.129 e. The topological polar surface area (TPSA) is 42.4 Å². The van der Waals surface area contributed by atoms with Crippen LogP contribution in [0, 0.1) is 20.8 Å². The number of hydrogen-bond donors (Lipinski definition) is 1. The van der Waals surface area contributed by atoms with Gasteiger partial charge in [-0.05, 0) is 44.0 Å². The molecule has 1 N–H and O–H groups in total. The highest BCUT2D eigenvalue weighted by molar-refractivity contribution is 7.15. The Balaban J connectivity index is 2.58. The highest BCUT2D eigenvalue weighted by Crippen LogP contribution is 2.36. The molecule has 0 amide bonds. The SMILES string of the molecule is COc1cc(C)c(C)cc1-c1nc(C)c(CO)s1. The van der Waals surface area contributed by atoms with Gasteiger partial charge in [0.1, 0.15) is 10.8 Å². The van der Waals surface area contributed by atoms with Crippen LogP contribution < -0.4 is 4.74 Å². The van der Waals surface area contributed by atoms with E-state index < -0.39 is 0 Å². The van der Waals surface area contributed by atoms with Gasteiger partial charge in [0.15, 0.2) is 0 Å². The number of aliphatic hydroxyl groups excluding tert-OH is 1. The molecule has 0 aliphatic rings. The van der Waals surface area contributed by atoms with E-state index in [0.29, 0.717) is 0 Å². The van der Waals surface area contributed by atoms with Crippen molar-refractivity contribution in [2.24, 2.45) is 0 Å². The van der Waals surface area contributed by atoms with Crippen LogP contribution in [0.2, 0.25) is 0 Å². The Kier molecular flexibility index (Phi) is 3.68. The molecule has 0 unspecified atom stereocenters. The third kappa shape index (κ3) is 2.26. The van der Waals surface area contributed by atoms with E-state index in [9.17, 15) is 5.11 Å². The van der Waals surface area contributed by atoms with Gasteiger partial charge < -0.3 is 9.84 Å². The summed E-state index contributed by atoms with van der Waals surface area (Å²) < 4.78 is 5.42. The molecule has 0 saturated heterocycles. The summed E-state index contributed by atoms with van der Waals surface area (Å²) in [5, 5.41) is 10.1. The van der Waals surface area contributed by atoms with Gasteiger partial charge in [-0.3, -0.25) is 0 Å². The Morgan fingerprint density at radius 3 is 2.44 bits per heavy atom.